The average Bonchev–Trinajstić information content (AvgIpc) is 2.53. The van der Waals surface area contributed by atoms with E-state index in [0.29, 0.717) is 6.54 Å². The fourth-order valence-electron chi connectivity index (χ4n) is 2.04. The number of amides is 1. The predicted molar refractivity (Wildman–Crippen MR) is 82.0 cm³/mol. The molecule has 0 saturated heterocycles. The van der Waals surface area contributed by atoms with Crippen LogP contribution in [0.2, 0.25) is 0 Å². The summed E-state index contributed by atoms with van der Waals surface area (Å²) < 4.78 is 5.64. The first-order valence-corrected chi connectivity index (χ1v) is 7.04. The lowest BCUT2D eigenvalue weighted by Crippen LogP contribution is -2.31. The SMILES string of the molecule is CCc1ccccc1OCC(=O)N(C)Cc1cccnc1. The summed E-state index contributed by atoms with van der Waals surface area (Å²) in [5, 5.41) is 0. The molecule has 1 aromatic carbocycles. The van der Waals surface area contributed by atoms with Crippen molar-refractivity contribution < 1.29 is 9.53 Å². The van der Waals surface area contributed by atoms with E-state index in [1.54, 1.807) is 24.3 Å². The molecular formula is C17H20N2O2. The molecule has 4 heteroatoms. The zero-order valence-corrected chi connectivity index (χ0v) is 12.5. The van der Waals surface area contributed by atoms with E-state index < -0.39 is 0 Å². The van der Waals surface area contributed by atoms with Crippen LogP contribution in [0.5, 0.6) is 5.75 Å². The summed E-state index contributed by atoms with van der Waals surface area (Å²) in [6, 6.07) is 11.6. The third kappa shape index (κ3) is 4.31. The van der Waals surface area contributed by atoms with Crippen LogP contribution < -0.4 is 4.74 Å². The number of benzene rings is 1. The second-order valence-corrected chi connectivity index (χ2v) is 4.86. The largest absolute Gasteiger partial charge is 0.483 e. The number of hydrogen-bond acceptors (Lipinski definition) is 3. The van der Waals surface area contributed by atoms with Gasteiger partial charge in [0.2, 0.25) is 0 Å². The molecule has 21 heavy (non-hydrogen) atoms. The second-order valence-electron chi connectivity index (χ2n) is 4.86. The lowest BCUT2D eigenvalue weighted by Gasteiger charge is -2.18. The summed E-state index contributed by atoms with van der Waals surface area (Å²) in [6.45, 7) is 2.65. The molecule has 1 heterocycles. The first-order valence-electron chi connectivity index (χ1n) is 7.04. The number of para-hydroxylation sites is 1. The number of nitrogens with zero attached hydrogens (tertiary/aromatic N) is 2. The number of carbonyl (C=O) groups is 1. The Morgan fingerprint density at radius 3 is 2.76 bits per heavy atom. The van der Waals surface area contributed by atoms with Crippen LogP contribution in [0.25, 0.3) is 0 Å². The number of rotatable bonds is 6. The number of carbonyl (C=O) groups excluding carboxylic acids is 1. The van der Waals surface area contributed by atoms with Gasteiger partial charge in [-0.25, -0.2) is 0 Å². The van der Waals surface area contributed by atoms with Gasteiger partial charge in [-0.05, 0) is 29.7 Å². The summed E-state index contributed by atoms with van der Waals surface area (Å²) in [5.74, 6) is 0.730. The van der Waals surface area contributed by atoms with Crippen molar-refractivity contribution in [1.82, 2.24) is 9.88 Å². The molecule has 0 spiro atoms. The third-order valence-corrected chi connectivity index (χ3v) is 3.27. The van der Waals surface area contributed by atoms with Crippen molar-refractivity contribution in [1.29, 1.82) is 0 Å². The Balaban J connectivity index is 1.89. The van der Waals surface area contributed by atoms with Crippen molar-refractivity contribution in [2.45, 2.75) is 19.9 Å². The molecule has 0 atom stereocenters. The van der Waals surface area contributed by atoms with Crippen molar-refractivity contribution in [2.24, 2.45) is 0 Å². The summed E-state index contributed by atoms with van der Waals surface area (Å²) in [7, 11) is 1.77. The first-order chi connectivity index (χ1) is 10.2. The van der Waals surface area contributed by atoms with E-state index in [-0.39, 0.29) is 12.5 Å². The highest BCUT2D eigenvalue weighted by molar-refractivity contribution is 5.77. The van der Waals surface area contributed by atoms with E-state index in [1.165, 1.54) is 0 Å². The Morgan fingerprint density at radius 1 is 1.24 bits per heavy atom. The minimum atomic E-state index is -0.0511. The number of ether oxygens (including phenoxy) is 1. The van der Waals surface area contributed by atoms with Crippen LogP contribution in [0.1, 0.15) is 18.1 Å². The molecule has 110 valence electrons. The lowest BCUT2D eigenvalue weighted by molar-refractivity contribution is -0.132. The van der Waals surface area contributed by atoms with Crippen LogP contribution in [0, 0.1) is 0 Å². The van der Waals surface area contributed by atoms with E-state index in [2.05, 4.69) is 11.9 Å². The van der Waals surface area contributed by atoms with Crippen LogP contribution >= 0.6 is 0 Å². The van der Waals surface area contributed by atoms with Gasteiger partial charge in [-0.1, -0.05) is 31.2 Å². The first kappa shape index (κ1) is 15.0. The van der Waals surface area contributed by atoms with Gasteiger partial charge in [0.25, 0.3) is 5.91 Å². The van der Waals surface area contributed by atoms with Crippen LogP contribution in [0.15, 0.2) is 48.8 Å². The van der Waals surface area contributed by atoms with Gasteiger partial charge < -0.3 is 9.64 Å². The summed E-state index contributed by atoms with van der Waals surface area (Å²) in [6.07, 6.45) is 4.36. The van der Waals surface area contributed by atoms with Crippen molar-refractivity contribution in [2.75, 3.05) is 13.7 Å². The van der Waals surface area contributed by atoms with Crippen LogP contribution in [0.4, 0.5) is 0 Å². The number of aryl methyl sites for hydroxylation is 1. The quantitative estimate of drug-likeness (QED) is 0.819. The summed E-state index contributed by atoms with van der Waals surface area (Å²) >= 11 is 0. The maximum Gasteiger partial charge on any atom is 0.260 e. The van der Waals surface area contributed by atoms with E-state index in [0.717, 1.165) is 23.3 Å². The van der Waals surface area contributed by atoms with Gasteiger partial charge in [0.05, 0.1) is 0 Å². The Labute approximate surface area is 125 Å². The Kier molecular flexibility index (Phi) is 5.32. The topological polar surface area (TPSA) is 42.4 Å². The highest BCUT2D eigenvalue weighted by Crippen LogP contribution is 2.18. The number of pyridine rings is 1. The van der Waals surface area contributed by atoms with E-state index >= 15 is 0 Å². The average molecular weight is 284 g/mol. The Hall–Kier alpha value is -2.36. The maximum atomic E-state index is 12.1. The molecular weight excluding hydrogens is 264 g/mol. The zero-order valence-electron chi connectivity index (χ0n) is 12.5. The van der Waals surface area contributed by atoms with Crippen molar-refractivity contribution in [3.05, 3.63) is 59.9 Å². The molecule has 0 saturated carbocycles. The van der Waals surface area contributed by atoms with Crippen LogP contribution in [-0.4, -0.2) is 29.4 Å². The Morgan fingerprint density at radius 2 is 2.05 bits per heavy atom. The molecule has 0 N–H and O–H groups in total. The molecule has 1 amide bonds. The van der Waals surface area contributed by atoms with Crippen molar-refractivity contribution >= 4 is 5.91 Å². The number of aromatic nitrogens is 1. The predicted octanol–water partition coefficient (Wildman–Crippen LogP) is 2.68. The van der Waals surface area contributed by atoms with Gasteiger partial charge in [0.15, 0.2) is 6.61 Å². The van der Waals surface area contributed by atoms with E-state index in [4.69, 9.17) is 4.74 Å². The minimum Gasteiger partial charge on any atom is -0.483 e. The smallest absolute Gasteiger partial charge is 0.260 e. The minimum absolute atomic E-state index is 0.0494. The maximum absolute atomic E-state index is 12.1. The second kappa shape index (κ2) is 7.43. The lowest BCUT2D eigenvalue weighted by atomic mass is 10.1. The van der Waals surface area contributed by atoms with E-state index in [9.17, 15) is 4.79 Å². The monoisotopic (exact) mass is 284 g/mol. The molecule has 0 aliphatic heterocycles. The normalized spacial score (nSPS) is 10.2. The van der Waals surface area contributed by atoms with Gasteiger partial charge in [-0.15, -0.1) is 0 Å². The molecule has 0 aliphatic carbocycles. The zero-order chi connectivity index (χ0) is 15.1. The summed E-state index contributed by atoms with van der Waals surface area (Å²) in [4.78, 5) is 17.8. The molecule has 2 aromatic rings. The van der Waals surface area contributed by atoms with Gasteiger partial charge >= 0.3 is 0 Å². The highest BCUT2D eigenvalue weighted by Gasteiger charge is 2.11. The number of likely N-dealkylation sites (N-methyl/N-ethyl adjacent to an activating group) is 1. The molecule has 0 fully saturated rings. The molecule has 0 unspecified atom stereocenters. The van der Waals surface area contributed by atoms with E-state index in [1.807, 2.05) is 36.4 Å². The van der Waals surface area contributed by atoms with Crippen molar-refractivity contribution in [3.8, 4) is 5.75 Å². The van der Waals surface area contributed by atoms with Gasteiger partial charge in [-0.2, -0.15) is 0 Å². The molecule has 0 radical (unpaired) electrons. The highest BCUT2D eigenvalue weighted by atomic mass is 16.5. The van der Waals surface area contributed by atoms with Crippen LogP contribution in [-0.2, 0) is 17.8 Å². The molecule has 2 rings (SSSR count). The van der Waals surface area contributed by atoms with Crippen molar-refractivity contribution in [3.63, 3.8) is 0 Å². The standard InChI is InChI=1S/C17H20N2O2/c1-3-15-8-4-5-9-16(15)21-13-17(20)19(2)12-14-7-6-10-18-11-14/h4-11H,3,12-13H2,1-2H3. The Bertz CT molecular complexity index is 584. The number of hydrogen-bond donors (Lipinski definition) is 0. The molecule has 1 aromatic heterocycles. The fraction of sp³-hybridized carbons (Fsp3) is 0.294. The molecule has 0 bridgehead atoms. The van der Waals surface area contributed by atoms with Gasteiger partial charge in [0, 0.05) is 26.0 Å². The fourth-order valence-corrected chi connectivity index (χ4v) is 2.04. The summed E-state index contributed by atoms with van der Waals surface area (Å²) in [5.41, 5.74) is 2.11. The van der Waals surface area contributed by atoms with Gasteiger partial charge in [0.1, 0.15) is 5.75 Å². The third-order valence-electron chi connectivity index (χ3n) is 3.27. The molecule has 0 aliphatic rings. The molecule has 4 nitrogen and oxygen atoms in total. The van der Waals surface area contributed by atoms with Crippen LogP contribution in [0.3, 0.4) is 0 Å². The van der Waals surface area contributed by atoms with Gasteiger partial charge in [-0.3, -0.25) is 9.78 Å².